The molecule has 1 aliphatic heterocycles. The first kappa shape index (κ1) is 13.8. The van der Waals surface area contributed by atoms with E-state index in [1.165, 1.54) is 11.1 Å². The summed E-state index contributed by atoms with van der Waals surface area (Å²) in [6.45, 7) is 2.03. The predicted octanol–water partition coefficient (Wildman–Crippen LogP) is 3.09. The fraction of sp³-hybridized carbons (Fsp3) is 0.294. The van der Waals surface area contributed by atoms with Gasteiger partial charge in [-0.05, 0) is 49.5 Å². The topological polar surface area (TPSA) is 33.7 Å². The molecule has 2 aromatic carbocycles. The monoisotopic (exact) mass is 284 g/mol. The van der Waals surface area contributed by atoms with Gasteiger partial charge < -0.3 is 19.7 Å². The molecule has 0 aliphatic carbocycles. The van der Waals surface area contributed by atoms with Crippen molar-refractivity contribution in [2.75, 3.05) is 26.2 Å². The molecule has 0 atom stereocenters. The lowest BCUT2D eigenvalue weighted by molar-refractivity contribution is 0.174. The summed E-state index contributed by atoms with van der Waals surface area (Å²) in [5.41, 5.74) is 3.61. The second-order valence-corrected chi connectivity index (χ2v) is 5.48. The molecular weight excluding hydrogens is 264 g/mol. The Labute approximate surface area is 125 Å². The Balaban J connectivity index is 1.64. The number of benzene rings is 2. The van der Waals surface area contributed by atoms with Gasteiger partial charge in [-0.25, -0.2) is 0 Å². The van der Waals surface area contributed by atoms with Crippen LogP contribution in [0.25, 0.3) is 0 Å². The Bertz CT molecular complexity index is 626. The van der Waals surface area contributed by atoms with Crippen LogP contribution in [0.1, 0.15) is 11.1 Å². The highest BCUT2D eigenvalue weighted by molar-refractivity contribution is 5.48. The highest BCUT2D eigenvalue weighted by atomic mass is 16.7. The van der Waals surface area contributed by atoms with Crippen molar-refractivity contribution < 1.29 is 9.47 Å². The standard InChI is InChI=1S/C17H20N2O2/c1-19(2)11-14-4-3-5-15(8-14)18-10-13-6-7-16-17(9-13)21-12-20-16/h3-9,18H,10-12H2,1-2H3. The van der Waals surface area contributed by atoms with Crippen LogP contribution in [-0.2, 0) is 13.1 Å². The molecule has 0 radical (unpaired) electrons. The molecule has 2 aromatic rings. The molecule has 110 valence electrons. The van der Waals surface area contributed by atoms with Crippen LogP contribution in [-0.4, -0.2) is 25.8 Å². The van der Waals surface area contributed by atoms with Gasteiger partial charge in [0.1, 0.15) is 0 Å². The molecule has 1 heterocycles. The van der Waals surface area contributed by atoms with Crippen molar-refractivity contribution in [1.82, 2.24) is 4.90 Å². The first-order valence-corrected chi connectivity index (χ1v) is 7.07. The van der Waals surface area contributed by atoms with E-state index in [2.05, 4.69) is 54.6 Å². The van der Waals surface area contributed by atoms with Gasteiger partial charge in [-0.3, -0.25) is 0 Å². The number of hydrogen-bond donors (Lipinski definition) is 1. The zero-order valence-electron chi connectivity index (χ0n) is 12.4. The Morgan fingerprint density at radius 2 is 1.86 bits per heavy atom. The van der Waals surface area contributed by atoms with Crippen LogP contribution in [0.5, 0.6) is 11.5 Å². The van der Waals surface area contributed by atoms with E-state index in [0.29, 0.717) is 6.79 Å². The number of nitrogens with zero attached hydrogens (tertiary/aromatic N) is 1. The highest BCUT2D eigenvalue weighted by Crippen LogP contribution is 2.32. The smallest absolute Gasteiger partial charge is 0.231 e. The number of hydrogen-bond acceptors (Lipinski definition) is 4. The van der Waals surface area contributed by atoms with E-state index < -0.39 is 0 Å². The van der Waals surface area contributed by atoms with Gasteiger partial charge in [0.25, 0.3) is 0 Å². The van der Waals surface area contributed by atoms with E-state index >= 15 is 0 Å². The Morgan fingerprint density at radius 1 is 1.00 bits per heavy atom. The van der Waals surface area contributed by atoms with Crippen molar-refractivity contribution in [3.05, 3.63) is 53.6 Å². The summed E-state index contributed by atoms with van der Waals surface area (Å²) in [4.78, 5) is 2.16. The van der Waals surface area contributed by atoms with Gasteiger partial charge in [0.2, 0.25) is 6.79 Å². The summed E-state index contributed by atoms with van der Waals surface area (Å²) in [7, 11) is 4.15. The van der Waals surface area contributed by atoms with Crippen molar-refractivity contribution in [2.45, 2.75) is 13.1 Å². The fourth-order valence-corrected chi connectivity index (χ4v) is 2.40. The molecular formula is C17H20N2O2. The van der Waals surface area contributed by atoms with E-state index in [-0.39, 0.29) is 0 Å². The van der Waals surface area contributed by atoms with Crippen molar-refractivity contribution in [2.24, 2.45) is 0 Å². The third kappa shape index (κ3) is 3.47. The molecule has 0 aromatic heterocycles. The van der Waals surface area contributed by atoms with Crippen LogP contribution in [0.3, 0.4) is 0 Å². The van der Waals surface area contributed by atoms with Crippen LogP contribution >= 0.6 is 0 Å². The van der Waals surface area contributed by atoms with Gasteiger partial charge in [0.15, 0.2) is 11.5 Å². The zero-order valence-corrected chi connectivity index (χ0v) is 12.4. The molecule has 1 aliphatic rings. The molecule has 3 rings (SSSR count). The quantitative estimate of drug-likeness (QED) is 0.915. The third-order valence-corrected chi connectivity index (χ3v) is 3.36. The second-order valence-electron chi connectivity index (χ2n) is 5.48. The van der Waals surface area contributed by atoms with Crippen LogP contribution in [0.4, 0.5) is 5.69 Å². The van der Waals surface area contributed by atoms with Crippen LogP contribution in [0.2, 0.25) is 0 Å². The lowest BCUT2D eigenvalue weighted by Gasteiger charge is -2.12. The first-order valence-electron chi connectivity index (χ1n) is 7.07. The van der Waals surface area contributed by atoms with E-state index in [4.69, 9.17) is 9.47 Å². The van der Waals surface area contributed by atoms with Gasteiger partial charge in [-0.1, -0.05) is 18.2 Å². The average molecular weight is 284 g/mol. The minimum atomic E-state index is 0.318. The lowest BCUT2D eigenvalue weighted by Crippen LogP contribution is -2.10. The lowest BCUT2D eigenvalue weighted by atomic mass is 10.1. The Hall–Kier alpha value is -2.20. The number of anilines is 1. The fourth-order valence-electron chi connectivity index (χ4n) is 2.40. The Morgan fingerprint density at radius 3 is 2.71 bits per heavy atom. The zero-order chi connectivity index (χ0) is 14.7. The molecule has 1 N–H and O–H groups in total. The maximum absolute atomic E-state index is 5.40. The molecule has 21 heavy (non-hydrogen) atoms. The summed E-state index contributed by atoms with van der Waals surface area (Å²) < 4.78 is 10.7. The molecule has 0 saturated heterocycles. The molecule has 4 heteroatoms. The second kappa shape index (κ2) is 6.06. The van der Waals surface area contributed by atoms with E-state index in [9.17, 15) is 0 Å². The van der Waals surface area contributed by atoms with Gasteiger partial charge >= 0.3 is 0 Å². The molecule has 0 bridgehead atoms. The van der Waals surface area contributed by atoms with Crippen molar-refractivity contribution >= 4 is 5.69 Å². The molecule has 0 saturated carbocycles. The minimum absolute atomic E-state index is 0.318. The third-order valence-electron chi connectivity index (χ3n) is 3.36. The molecule has 0 fully saturated rings. The summed E-state index contributed by atoms with van der Waals surface area (Å²) in [6.07, 6.45) is 0. The number of nitrogens with one attached hydrogen (secondary N) is 1. The van der Waals surface area contributed by atoms with E-state index in [1.807, 2.05) is 12.1 Å². The SMILES string of the molecule is CN(C)Cc1cccc(NCc2ccc3c(c2)OCO3)c1. The highest BCUT2D eigenvalue weighted by Gasteiger charge is 2.12. The predicted molar refractivity (Wildman–Crippen MR) is 83.7 cm³/mol. The molecule has 0 amide bonds. The normalized spacial score (nSPS) is 12.7. The van der Waals surface area contributed by atoms with Crippen molar-refractivity contribution in [3.63, 3.8) is 0 Å². The Kier molecular flexibility index (Phi) is 3.97. The summed E-state index contributed by atoms with van der Waals surface area (Å²) in [6, 6.07) is 14.6. The maximum atomic E-state index is 5.40. The van der Waals surface area contributed by atoms with Crippen molar-refractivity contribution in [1.29, 1.82) is 0 Å². The summed E-state index contributed by atoms with van der Waals surface area (Å²) >= 11 is 0. The maximum Gasteiger partial charge on any atom is 0.231 e. The molecule has 4 nitrogen and oxygen atoms in total. The van der Waals surface area contributed by atoms with Gasteiger partial charge in [0, 0.05) is 18.8 Å². The van der Waals surface area contributed by atoms with Crippen molar-refractivity contribution in [3.8, 4) is 11.5 Å². The van der Waals surface area contributed by atoms with Crippen LogP contribution in [0.15, 0.2) is 42.5 Å². The number of ether oxygens (including phenoxy) is 2. The minimum Gasteiger partial charge on any atom is -0.454 e. The number of fused-ring (bicyclic) bond motifs is 1. The van der Waals surface area contributed by atoms with E-state index in [1.54, 1.807) is 0 Å². The van der Waals surface area contributed by atoms with Gasteiger partial charge in [-0.2, -0.15) is 0 Å². The average Bonchev–Trinajstić information content (AvgIpc) is 2.92. The van der Waals surface area contributed by atoms with Crippen LogP contribution in [0, 0.1) is 0 Å². The number of rotatable bonds is 5. The van der Waals surface area contributed by atoms with E-state index in [0.717, 1.165) is 30.3 Å². The van der Waals surface area contributed by atoms with Gasteiger partial charge in [-0.15, -0.1) is 0 Å². The summed E-state index contributed by atoms with van der Waals surface area (Å²) in [5, 5.41) is 3.45. The molecule has 0 unspecified atom stereocenters. The largest absolute Gasteiger partial charge is 0.454 e. The van der Waals surface area contributed by atoms with Crippen LogP contribution < -0.4 is 14.8 Å². The first-order chi connectivity index (χ1) is 10.2. The van der Waals surface area contributed by atoms with Gasteiger partial charge in [0.05, 0.1) is 0 Å². The summed E-state index contributed by atoms with van der Waals surface area (Å²) in [5.74, 6) is 1.65. The molecule has 0 spiro atoms.